The predicted octanol–water partition coefficient (Wildman–Crippen LogP) is 3.69. The van der Waals surface area contributed by atoms with E-state index in [1.807, 2.05) is 43.3 Å². The molecule has 1 fully saturated rings. The molecular weight excluding hydrogens is 400 g/mol. The van der Waals surface area contributed by atoms with E-state index in [4.69, 9.17) is 4.74 Å². The summed E-state index contributed by atoms with van der Waals surface area (Å²) in [5.41, 5.74) is 3.26. The molecule has 3 aromatic rings. The van der Waals surface area contributed by atoms with Crippen molar-refractivity contribution in [1.82, 2.24) is 10.2 Å². The van der Waals surface area contributed by atoms with Gasteiger partial charge >= 0.3 is 0 Å². The van der Waals surface area contributed by atoms with Gasteiger partial charge in [-0.25, -0.2) is 0 Å². The Hall–Kier alpha value is -3.26. The lowest BCUT2D eigenvalue weighted by molar-refractivity contribution is -0.118. The number of carbonyl (C=O) groups is 2. The van der Waals surface area contributed by atoms with E-state index in [-0.39, 0.29) is 24.3 Å². The zero-order valence-electron chi connectivity index (χ0n) is 16.8. The summed E-state index contributed by atoms with van der Waals surface area (Å²) in [5, 5.41) is 12.1. The fraction of sp³-hybridized carbons (Fsp3) is 0.273. The van der Waals surface area contributed by atoms with Gasteiger partial charge in [0.15, 0.2) is 6.61 Å². The molecular formula is C22H22N4O3S. The number of hydrogen-bond acceptors (Lipinski definition) is 6. The Labute approximate surface area is 178 Å². The van der Waals surface area contributed by atoms with E-state index < -0.39 is 0 Å². The van der Waals surface area contributed by atoms with Crippen molar-refractivity contribution in [1.29, 1.82) is 0 Å². The molecule has 1 N–H and O–H groups in total. The molecule has 1 unspecified atom stereocenters. The van der Waals surface area contributed by atoms with Gasteiger partial charge in [-0.05, 0) is 49.2 Å². The maximum atomic E-state index is 12.6. The third-order valence-electron chi connectivity index (χ3n) is 5.08. The van der Waals surface area contributed by atoms with E-state index in [0.29, 0.717) is 23.8 Å². The van der Waals surface area contributed by atoms with Crippen LogP contribution in [0, 0.1) is 13.8 Å². The third kappa shape index (κ3) is 4.49. The summed E-state index contributed by atoms with van der Waals surface area (Å²) >= 11 is 1.30. The summed E-state index contributed by atoms with van der Waals surface area (Å²) in [4.78, 5) is 26.5. The Morgan fingerprint density at radius 3 is 2.73 bits per heavy atom. The van der Waals surface area contributed by atoms with E-state index in [1.165, 1.54) is 16.9 Å². The van der Waals surface area contributed by atoms with Crippen LogP contribution < -0.4 is 15.0 Å². The van der Waals surface area contributed by atoms with Gasteiger partial charge in [-0.3, -0.25) is 14.9 Å². The highest BCUT2D eigenvalue weighted by Gasteiger charge is 2.34. The van der Waals surface area contributed by atoms with Crippen LogP contribution in [0.5, 0.6) is 5.75 Å². The number of aromatic nitrogens is 2. The van der Waals surface area contributed by atoms with Crippen molar-refractivity contribution >= 4 is 34.0 Å². The lowest BCUT2D eigenvalue weighted by Gasteiger charge is -2.17. The summed E-state index contributed by atoms with van der Waals surface area (Å²) in [6.07, 6.45) is 0.382. The molecule has 1 aliphatic rings. The molecule has 0 aliphatic carbocycles. The maximum absolute atomic E-state index is 12.6. The molecule has 1 aromatic heterocycles. The van der Waals surface area contributed by atoms with Gasteiger partial charge < -0.3 is 9.64 Å². The Bertz CT molecular complexity index is 1070. The van der Waals surface area contributed by atoms with Crippen LogP contribution in [-0.4, -0.2) is 35.2 Å². The normalized spacial score (nSPS) is 16.0. The smallest absolute Gasteiger partial charge is 0.264 e. The molecule has 2 heterocycles. The van der Waals surface area contributed by atoms with Crippen molar-refractivity contribution in [2.45, 2.75) is 26.2 Å². The number of hydrogen-bond donors (Lipinski definition) is 1. The first-order valence-corrected chi connectivity index (χ1v) is 10.5. The highest BCUT2D eigenvalue weighted by molar-refractivity contribution is 7.15. The number of amides is 2. The number of aryl methyl sites for hydroxylation is 2. The number of nitrogens with one attached hydrogen (secondary N) is 1. The molecule has 0 bridgehead atoms. The number of ether oxygens (including phenoxy) is 1. The largest absolute Gasteiger partial charge is 0.484 e. The predicted molar refractivity (Wildman–Crippen MR) is 116 cm³/mol. The Morgan fingerprint density at radius 2 is 1.97 bits per heavy atom. The SMILES string of the molecule is Cc1ccc(N2CC(c3nnc(NC(=O)COc4ccccc4)s3)CC2=O)cc1C. The van der Waals surface area contributed by atoms with Crippen LogP contribution in [0.4, 0.5) is 10.8 Å². The minimum absolute atomic E-state index is 0.0390. The molecule has 8 heteroatoms. The van der Waals surface area contributed by atoms with E-state index >= 15 is 0 Å². The van der Waals surface area contributed by atoms with Crippen LogP contribution in [0.2, 0.25) is 0 Å². The van der Waals surface area contributed by atoms with Crippen molar-refractivity contribution in [3.63, 3.8) is 0 Å². The van der Waals surface area contributed by atoms with Gasteiger partial charge in [0.1, 0.15) is 10.8 Å². The monoisotopic (exact) mass is 422 g/mol. The molecule has 1 aliphatic heterocycles. The van der Waals surface area contributed by atoms with Crippen LogP contribution in [0.25, 0.3) is 0 Å². The van der Waals surface area contributed by atoms with Crippen LogP contribution in [-0.2, 0) is 9.59 Å². The van der Waals surface area contributed by atoms with Gasteiger partial charge in [0, 0.05) is 24.6 Å². The van der Waals surface area contributed by atoms with Gasteiger partial charge in [-0.15, -0.1) is 10.2 Å². The summed E-state index contributed by atoms with van der Waals surface area (Å²) in [7, 11) is 0. The summed E-state index contributed by atoms with van der Waals surface area (Å²) in [6.45, 7) is 4.54. The van der Waals surface area contributed by atoms with Crippen LogP contribution >= 0.6 is 11.3 Å². The first-order chi connectivity index (χ1) is 14.5. The molecule has 4 rings (SSSR count). The van der Waals surface area contributed by atoms with Gasteiger partial charge in [0.05, 0.1) is 0 Å². The summed E-state index contributed by atoms with van der Waals surface area (Å²) in [6, 6.07) is 15.2. The Kier molecular flexibility index (Phi) is 5.76. The minimum atomic E-state index is -0.305. The van der Waals surface area contributed by atoms with Gasteiger partial charge in [0.25, 0.3) is 5.91 Å². The van der Waals surface area contributed by atoms with E-state index in [9.17, 15) is 9.59 Å². The quantitative estimate of drug-likeness (QED) is 0.655. The molecule has 0 spiro atoms. The van der Waals surface area contributed by atoms with Crippen molar-refractivity contribution in [3.8, 4) is 5.75 Å². The topological polar surface area (TPSA) is 84.4 Å². The van der Waals surface area contributed by atoms with Gasteiger partial charge in [0.2, 0.25) is 11.0 Å². The first kappa shape index (κ1) is 20.0. The Balaban J connectivity index is 1.36. The fourth-order valence-corrected chi connectivity index (χ4v) is 4.14. The molecule has 154 valence electrons. The number of rotatable bonds is 6. The van der Waals surface area contributed by atoms with Crippen LogP contribution in [0.3, 0.4) is 0 Å². The van der Waals surface area contributed by atoms with Gasteiger partial charge in [-0.2, -0.15) is 0 Å². The van der Waals surface area contributed by atoms with Crippen molar-refractivity contribution in [2.75, 3.05) is 23.4 Å². The lowest BCUT2D eigenvalue weighted by atomic mass is 10.1. The molecule has 2 amide bonds. The second kappa shape index (κ2) is 8.62. The number of benzene rings is 2. The van der Waals surface area contributed by atoms with E-state index in [1.54, 1.807) is 17.0 Å². The van der Waals surface area contributed by atoms with Crippen molar-refractivity contribution < 1.29 is 14.3 Å². The average Bonchev–Trinajstić information content (AvgIpc) is 3.36. The molecule has 1 saturated heterocycles. The summed E-state index contributed by atoms with van der Waals surface area (Å²) < 4.78 is 5.43. The maximum Gasteiger partial charge on any atom is 0.264 e. The number of nitrogens with zero attached hydrogens (tertiary/aromatic N) is 3. The highest BCUT2D eigenvalue weighted by Crippen LogP contribution is 2.34. The average molecular weight is 423 g/mol. The Morgan fingerprint density at radius 1 is 1.17 bits per heavy atom. The zero-order chi connectivity index (χ0) is 21.1. The van der Waals surface area contributed by atoms with Crippen molar-refractivity contribution in [2.24, 2.45) is 0 Å². The van der Waals surface area contributed by atoms with Crippen LogP contribution in [0.15, 0.2) is 48.5 Å². The molecule has 30 heavy (non-hydrogen) atoms. The van der Waals surface area contributed by atoms with Crippen LogP contribution in [0.1, 0.15) is 28.5 Å². The van der Waals surface area contributed by atoms with E-state index in [2.05, 4.69) is 22.4 Å². The molecule has 7 nitrogen and oxygen atoms in total. The number of para-hydroxylation sites is 1. The number of anilines is 2. The molecule has 0 radical (unpaired) electrons. The fourth-order valence-electron chi connectivity index (χ4n) is 3.29. The zero-order valence-corrected chi connectivity index (χ0v) is 17.6. The van der Waals surface area contributed by atoms with Crippen molar-refractivity contribution in [3.05, 3.63) is 64.7 Å². The second-order valence-electron chi connectivity index (χ2n) is 7.27. The molecule has 2 aromatic carbocycles. The lowest BCUT2D eigenvalue weighted by Crippen LogP contribution is -2.24. The van der Waals surface area contributed by atoms with Gasteiger partial charge in [-0.1, -0.05) is 35.6 Å². The highest BCUT2D eigenvalue weighted by atomic mass is 32.1. The first-order valence-electron chi connectivity index (χ1n) is 9.68. The molecule has 1 atom stereocenters. The van der Waals surface area contributed by atoms with E-state index in [0.717, 1.165) is 16.3 Å². The minimum Gasteiger partial charge on any atom is -0.484 e. The number of carbonyl (C=O) groups excluding carboxylic acids is 2. The second-order valence-corrected chi connectivity index (χ2v) is 8.28. The standard InChI is InChI=1S/C22H22N4O3S/c1-14-8-9-17(10-15(14)2)26-12-16(11-20(26)28)21-24-25-22(30-21)23-19(27)13-29-18-6-4-3-5-7-18/h3-10,16H,11-13H2,1-2H3,(H,23,25,27). The summed E-state index contributed by atoms with van der Waals surface area (Å²) in [5.74, 6) is 0.352. The molecule has 0 saturated carbocycles. The third-order valence-corrected chi connectivity index (χ3v) is 6.08.